The van der Waals surface area contributed by atoms with Crippen LogP contribution in [0.5, 0.6) is 0 Å². The van der Waals surface area contributed by atoms with Gasteiger partial charge in [-0.3, -0.25) is 9.59 Å². The molecule has 0 aliphatic carbocycles. The summed E-state index contributed by atoms with van der Waals surface area (Å²) in [6.45, 7) is 7.01. The standard InChI is InChI=1S/C33H36N4O2/c1-3-16-36(17-4-2)33(39)29-19-27-14-13-26(20-30(27)35-31(34)21-29)24-9-11-25(12-10-24)32(38)37-18-15-23-7-5-6-8-28(23)22-37/h5-14,19-20H,3-4,15-18,21-22H2,1-2H3,(H2,34,35). The van der Waals surface area contributed by atoms with Crippen LogP contribution in [-0.4, -0.2) is 47.1 Å². The normalized spacial score (nSPS) is 14.5. The highest BCUT2D eigenvalue weighted by atomic mass is 16.2. The molecule has 2 heterocycles. The van der Waals surface area contributed by atoms with Crippen LogP contribution in [-0.2, 0) is 17.8 Å². The predicted molar refractivity (Wildman–Crippen MR) is 158 cm³/mol. The fourth-order valence-electron chi connectivity index (χ4n) is 5.42. The maximum atomic E-state index is 13.3. The molecule has 5 rings (SSSR count). The highest BCUT2D eigenvalue weighted by Crippen LogP contribution is 2.32. The van der Waals surface area contributed by atoms with Crippen molar-refractivity contribution in [2.75, 3.05) is 19.6 Å². The summed E-state index contributed by atoms with van der Waals surface area (Å²) in [7, 11) is 0. The average Bonchev–Trinajstić information content (AvgIpc) is 3.13. The lowest BCUT2D eigenvalue weighted by molar-refractivity contribution is -0.127. The molecule has 2 aliphatic rings. The van der Waals surface area contributed by atoms with E-state index in [1.165, 1.54) is 11.1 Å². The molecular weight excluding hydrogens is 484 g/mol. The van der Waals surface area contributed by atoms with Crippen molar-refractivity contribution in [1.29, 1.82) is 0 Å². The lowest BCUT2D eigenvalue weighted by Crippen LogP contribution is -2.35. The number of amides is 2. The van der Waals surface area contributed by atoms with Crippen molar-refractivity contribution in [1.82, 2.24) is 9.80 Å². The Hall–Kier alpha value is -4.19. The molecule has 200 valence electrons. The first-order valence-electron chi connectivity index (χ1n) is 13.9. The van der Waals surface area contributed by atoms with E-state index in [4.69, 9.17) is 5.73 Å². The Morgan fingerprint density at radius 3 is 2.33 bits per heavy atom. The van der Waals surface area contributed by atoms with E-state index in [0.29, 0.717) is 29.9 Å². The van der Waals surface area contributed by atoms with Gasteiger partial charge in [-0.2, -0.15) is 0 Å². The van der Waals surface area contributed by atoms with Crippen LogP contribution in [0, 0.1) is 0 Å². The van der Waals surface area contributed by atoms with Gasteiger partial charge in [0.15, 0.2) is 0 Å². The van der Waals surface area contributed by atoms with Gasteiger partial charge in [-0.1, -0.05) is 62.4 Å². The number of benzene rings is 3. The van der Waals surface area contributed by atoms with Gasteiger partial charge in [-0.25, -0.2) is 4.99 Å². The topological polar surface area (TPSA) is 79.0 Å². The summed E-state index contributed by atoms with van der Waals surface area (Å²) in [6, 6.07) is 22.1. The third-order valence-corrected chi connectivity index (χ3v) is 7.43. The SMILES string of the molecule is CCCN(CCC)C(=O)C1=Cc2ccc(-c3ccc(C(=O)N4CCc5ccccc5C4)cc3)cc2N=C(N)C1. The Bertz CT molecular complexity index is 1430. The Morgan fingerprint density at radius 1 is 0.923 bits per heavy atom. The van der Waals surface area contributed by atoms with Crippen molar-refractivity contribution >= 4 is 29.4 Å². The summed E-state index contributed by atoms with van der Waals surface area (Å²) >= 11 is 0. The van der Waals surface area contributed by atoms with Gasteiger partial charge in [0.2, 0.25) is 5.91 Å². The molecule has 2 amide bonds. The minimum absolute atomic E-state index is 0.0335. The molecule has 0 unspecified atom stereocenters. The molecule has 0 radical (unpaired) electrons. The second kappa shape index (κ2) is 11.7. The predicted octanol–water partition coefficient (Wildman–Crippen LogP) is 5.98. The third-order valence-electron chi connectivity index (χ3n) is 7.43. The zero-order chi connectivity index (χ0) is 27.4. The third kappa shape index (κ3) is 5.80. The van der Waals surface area contributed by atoms with E-state index in [0.717, 1.165) is 61.3 Å². The van der Waals surface area contributed by atoms with Crippen LogP contribution in [0.25, 0.3) is 17.2 Å². The van der Waals surface area contributed by atoms with Gasteiger partial charge in [0.1, 0.15) is 5.84 Å². The smallest absolute Gasteiger partial charge is 0.254 e. The lowest BCUT2D eigenvalue weighted by Gasteiger charge is -2.29. The second-order valence-electron chi connectivity index (χ2n) is 10.3. The first-order chi connectivity index (χ1) is 19.0. The number of aliphatic imine (C=N–C) groups is 1. The van der Waals surface area contributed by atoms with Crippen LogP contribution >= 0.6 is 0 Å². The van der Waals surface area contributed by atoms with Crippen LogP contribution < -0.4 is 5.73 Å². The molecule has 2 aliphatic heterocycles. The van der Waals surface area contributed by atoms with Gasteiger partial charge in [-0.05, 0) is 65.8 Å². The average molecular weight is 521 g/mol. The summed E-state index contributed by atoms with van der Waals surface area (Å²) in [6.07, 6.45) is 4.99. The molecule has 0 fully saturated rings. The van der Waals surface area contributed by atoms with Crippen LogP contribution in [0.2, 0.25) is 0 Å². The minimum Gasteiger partial charge on any atom is -0.387 e. The summed E-state index contributed by atoms with van der Waals surface area (Å²) in [4.78, 5) is 34.9. The van der Waals surface area contributed by atoms with E-state index in [-0.39, 0.29) is 11.8 Å². The molecule has 3 aromatic carbocycles. The highest BCUT2D eigenvalue weighted by molar-refractivity contribution is 6.05. The number of carbonyl (C=O) groups is 2. The summed E-state index contributed by atoms with van der Waals surface area (Å²) in [5.41, 5.74) is 13.8. The Balaban J connectivity index is 1.35. The number of amidine groups is 1. The molecule has 0 saturated heterocycles. The Kier molecular flexibility index (Phi) is 7.92. The molecule has 6 nitrogen and oxygen atoms in total. The van der Waals surface area contributed by atoms with Gasteiger partial charge < -0.3 is 15.5 Å². The van der Waals surface area contributed by atoms with Crippen molar-refractivity contribution in [2.24, 2.45) is 10.7 Å². The van der Waals surface area contributed by atoms with Crippen LogP contribution in [0.3, 0.4) is 0 Å². The molecule has 39 heavy (non-hydrogen) atoms. The van der Waals surface area contributed by atoms with Gasteiger partial charge in [0.05, 0.1) is 5.69 Å². The summed E-state index contributed by atoms with van der Waals surface area (Å²) in [5, 5.41) is 0. The number of hydrogen-bond acceptors (Lipinski definition) is 4. The maximum absolute atomic E-state index is 13.3. The first-order valence-corrected chi connectivity index (χ1v) is 13.9. The van der Waals surface area contributed by atoms with E-state index in [9.17, 15) is 9.59 Å². The van der Waals surface area contributed by atoms with Crippen molar-refractivity contribution in [2.45, 2.75) is 46.1 Å². The summed E-state index contributed by atoms with van der Waals surface area (Å²) in [5.74, 6) is 0.520. The van der Waals surface area contributed by atoms with Gasteiger partial charge >= 0.3 is 0 Å². The number of hydrogen-bond donors (Lipinski definition) is 1. The molecule has 0 aromatic heterocycles. The van der Waals surface area contributed by atoms with Gasteiger partial charge in [0, 0.05) is 49.3 Å². The van der Waals surface area contributed by atoms with Crippen molar-refractivity contribution in [3.8, 4) is 11.1 Å². The first kappa shape index (κ1) is 26.4. The zero-order valence-electron chi connectivity index (χ0n) is 22.8. The van der Waals surface area contributed by atoms with E-state index < -0.39 is 0 Å². The number of nitrogens with zero attached hydrogens (tertiary/aromatic N) is 3. The monoisotopic (exact) mass is 520 g/mol. The molecule has 0 bridgehead atoms. The number of fused-ring (bicyclic) bond motifs is 2. The summed E-state index contributed by atoms with van der Waals surface area (Å²) < 4.78 is 0. The van der Waals surface area contributed by atoms with Crippen molar-refractivity contribution < 1.29 is 9.59 Å². The van der Waals surface area contributed by atoms with Crippen molar-refractivity contribution in [3.63, 3.8) is 0 Å². The van der Waals surface area contributed by atoms with E-state index in [1.807, 2.05) is 64.4 Å². The minimum atomic E-state index is 0.0335. The molecular formula is C33H36N4O2. The zero-order valence-corrected chi connectivity index (χ0v) is 22.8. The largest absolute Gasteiger partial charge is 0.387 e. The highest BCUT2D eigenvalue weighted by Gasteiger charge is 2.23. The van der Waals surface area contributed by atoms with Crippen LogP contribution in [0.4, 0.5) is 5.69 Å². The van der Waals surface area contributed by atoms with E-state index in [1.54, 1.807) is 0 Å². The molecule has 0 saturated carbocycles. The fraction of sp³-hybridized carbons (Fsp3) is 0.303. The van der Waals surface area contributed by atoms with Crippen LogP contribution in [0.1, 0.15) is 60.2 Å². The fourth-order valence-corrected chi connectivity index (χ4v) is 5.42. The number of nitrogens with two attached hydrogens (primary N) is 1. The molecule has 6 heteroatoms. The van der Waals surface area contributed by atoms with E-state index >= 15 is 0 Å². The van der Waals surface area contributed by atoms with Crippen molar-refractivity contribution in [3.05, 3.63) is 94.6 Å². The van der Waals surface area contributed by atoms with Crippen LogP contribution in [0.15, 0.2) is 77.3 Å². The molecule has 0 atom stereocenters. The molecule has 0 spiro atoms. The van der Waals surface area contributed by atoms with Gasteiger partial charge in [-0.15, -0.1) is 0 Å². The number of carbonyl (C=O) groups excluding carboxylic acids is 2. The lowest BCUT2D eigenvalue weighted by atomic mass is 9.98. The second-order valence-corrected chi connectivity index (χ2v) is 10.3. The van der Waals surface area contributed by atoms with Gasteiger partial charge in [0.25, 0.3) is 5.91 Å². The maximum Gasteiger partial charge on any atom is 0.254 e. The Labute approximate surface area is 230 Å². The molecule has 3 aromatic rings. The quantitative estimate of drug-likeness (QED) is 0.416. The molecule has 2 N–H and O–H groups in total. The Morgan fingerprint density at radius 2 is 1.62 bits per heavy atom. The number of rotatable bonds is 7. The van der Waals surface area contributed by atoms with E-state index in [2.05, 4.69) is 37.0 Å².